The smallest absolute Gasteiger partial charge is 0.308 e. The van der Waals surface area contributed by atoms with E-state index in [9.17, 15) is 19.5 Å². The molecule has 1 aliphatic rings. The molecule has 3 rings (SSSR count). The second kappa shape index (κ2) is 8.86. The number of benzene rings is 2. The lowest BCUT2D eigenvalue weighted by Crippen LogP contribution is -2.31. The molecule has 1 heterocycles. The molecule has 0 radical (unpaired) electrons. The molecular weight excluding hydrogens is 362 g/mol. The molecule has 1 saturated heterocycles. The van der Waals surface area contributed by atoms with Crippen molar-refractivity contribution >= 4 is 29.4 Å². The van der Waals surface area contributed by atoms with E-state index < -0.39 is 11.9 Å². The van der Waals surface area contributed by atoms with Crippen LogP contribution in [0.4, 0.5) is 0 Å². The van der Waals surface area contributed by atoms with Crippen LogP contribution in [0.5, 0.6) is 0 Å². The number of carboxylic acids is 1. The third-order valence-electron chi connectivity index (χ3n) is 4.77. The number of carboxylic acid groups (broad SMARTS) is 1. The number of carbonyl (C=O) groups excluding carboxylic acids is 2. The van der Waals surface area contributed by atoms with Gasteiger partial charge >= 0.3 is 5.97 Å². The van der Waals surface area contributed by atoms with Gasteiger partial charge in [0.05, 0.1) is 17.4 Å². The summed E-state index contributed by atoms with van der Waals surface area (Å²) >= 11 is 1.27. The molecule has 2 aromatic carbocycles. The Morgan fingerprint density at radius 1 is 0.926 bits per heavy atom. The Hall–Kier alpha value is -2.60. The zero-order valence-corrected chi connectivity index (χ0v) is 15.6. The number of ketones is 1. The van der Waals surface area contributed by atoms with Gasteiger partial charge in [0.25, 0.3) is 0 Å². The predicted molar refractivity (Wildman–Crippen MR) is 105 cm³/mol. The lowest BCUT2D eigenvalue weighted by molar-refractivity contribution is -0.141. The van der Waals surface area contributed by atoms with Crippen molar-refractivity contribution in [2.24, 2.45) is 5.92 Å². The number of hydrogen-bond acceptors (Lipinski definition) is 4. The van der Waals surface area contributed by atoms with Crippen molar-refractivity contribution in [1.29, 1.82) is 0 Å². The van der Waals surface area contributed by atoms with Crippen LogP contribution in [0, 0.1) is 5.92 Å². The van der Waals surface area contributed by atoms with Crippen molar-refractivity contribution in [1.82, 2.24) is 4.90 Å². The second-order valence-corrected chi connectivity index (χ2v) is 7.53. The Balaban J connectivity index is 1.56. The average molecular weight is 383 g/mol. The lowest BCUT2D eigenvalue weighted by Gasteiger charge is -2.16. The number of hydrogen-bond donors (Lipinski definition) is 1. The Labute approximate surface area is 162 Å². The molecule has 0 aromatic heterocycles. The third-order valence-corrected chi connectivity index (χ3v) is 5.69. The summed E-state index contributed by atoms with van der Waals surface area (Å²) < 4.78 is 0. The minimum atomic E-state index is -0.883. The van der Waals surface area contributed by atoms with Gasteiger partial charge in [-0.2, -0.15) is 0 Å². The number of thioether (sulfide) groups is 1. The number of amides is 1. The lowest BCUT2D eigenvalue weighted by atomic mass is 9.89. The number of carbonyl (C=O) groups is 3. The topological polar surface area (TPSA) is 74.7 Å². The van der Waals surface area contributed by atoms with E-state index in [0.29, 0.717) is 12.1 Å². The fourth-order valence-electron chi connectivity index (χ4n) is 3.33. The quantitative estimate of drug-likeness (QED) is 0.744. The predicted octanol–water partition coefficient (Wildman–Crippen LogP) is 2.93. The summed E-state index contributed by atoms with van der Waals surface area (Å²) in [5.74, 6) is -1.42. The monoisotopic (exact) mass is 383 g/mol. The molecule has 0 aliphatic carbocycles. The maximum Gasteiger partial charge on any atom is 0.308 e. The van der Waals surface area contributed by atoms with Crippen LogP contribution in [-0.2, 0) is 9.59 Å². The number of likely N-dealkylation sites (tertiary alicyclic amines) is 1. The summed E-state index contributed by atoms with van der Waals surface area (Å²) in [7, 11) is 0. The van der Waals surface area contributed by atoms with Crippen LogP contribution in [0.15, 0.2) is 60.7 Å². The molecule has 1 fully saturated rings. The first-order valence-electron chi connectivity index (χ1n) is 8.78. The van der Waals surface area contributed by atoms with Gasteiger partial charge in [0.1, 0.15) is 0 Å². The van der Waals surface area contributed by atoms with Crippen LogP contribution in [0.1, 0.15) is 21.8 Å². The highest BCUT2D eigenvalue weighted by atomic mass is 32.2. The van der Waals surface area contributed by atoms with Crippen molar-refractivity contribution in [3.8, 4) is 0 Å². The maximum absolute atomic E-state index is 12.5. The Morgan fingerprint density at radius 3 is 2.19 bits per heavy atom. The van der Waals surface area contributed by atoms with Gasteiger partial charge in [-0.25, -0.2) is 0 Å². The molecule has 140 valence electrons. The van der Waals surface area contributed by atoms with Crippen LogP contribution in [0.3, 0.4) is 0 Å². The van der Waals surface area contributed by atoms with Crippen molar-refractivity contribution in [3.63, 3.8) is 0 Å². The standard InChI is InChI=1S/C21H21NO4S/c23-19(16-9-5-2-6-10-16)13-27-14-20(24)22-11-17(18(12-22)21(25)26)15-7-3-1-4-8-15/h1-10,17-18H,11-14H2,(H,25,26)/t17-,18-/m1/s1. The van der Waals surface area contributed by atoms with Crippen LogP contribution >= 0.6 is 11.8 Å². The fourth-order valence-corrected chi connectivity index (χ4v) is 4.14. The molecule has 0 bridgehead atoms. The molecule has 6 heteroatoms. The molecular formula is C21H21NO4S. The van der Waals surface area contributed by atoms with Crippen LogP contribution in [-0.4, -0.2) is 52.3 Å². The number of aliphatic carboxylic acids is 1. The van der Waals surface area contributed by atoms with Gasteiger partial charge < -0.3 is 10.0 Å². The van der Waals surface area contributed by atoms with E-state index in [2.05, 4.69) is 0 Å². The van der Waals surface area contributed by atoms with E-state index in [1.165, 1.54) is 11.8 Å². The number of Topliss-reactive ketones (excluding diaryl/α,β-unsaturated/α-hetero) is 1. The summed E-state index contributed by atoms with van der Waals surface area (Å²) in [6.45, 7) is 0.605. The van der Waals surface area contributed by atoms with E-state index in [1.807, 2.05) is 48.5 Å². The Kier molecular flexibility index (Phi) is 6.29. The highest BCUT2D eigenvalue weighted by Crippen LogP contribution is 2.33. The first kappa shape index (κ1) is 19.2. The fraction of sp³-hybridized carbons (Fsp3) is 0.286. The molecule has 2 atom stereocenters. The van der Waals surface area contributed by atoms with Gasteiger partial charge in [-0.1, -0.05) is 60.7 Å². The zero-order chi connectivity index (χ0) is 19.2. The van der Waals surface area contributed by atoms with Crippen LogP contribution in [0.2, 0.25) is 0 Å². The highest BCUT2D eigenvalue weighted by molar-refractivity contribution is 8.00. The van der Waals surface area contributed by atoms with Crippen molar-refractivity contribution in [2.75, 3.05) is 24.6 Å². The van der Waals surface area contributed by atoms with E-state index in [0.717, 1.165) is 5.56 Å². The molecule has 0 saturated carbocycles. The zero-order valence-electron chi connectivity index (χ0n) is 14.8. The SMILES string of the molecule is O=C(CSCC(=O)N1C[C@H](c2ccccc2)[C@H](C(=O)O)C1)c1ccccc1. The van der Waals surface area contributed by atoms with E-state index >= 15 is 0 Å². The average Bonchev–Trinajstić information content (AvgIpc) is 3.15. The van der Waals surface area contributed by atoms with E-state index in [4.69, 9.17) is 0 Å². The van der Waals surface area contributed by atoms with Gasteiger partial charge in [-0.05, 0) is 5.56 Å². The van der Waals surface area contributed by atoms with Gasteiger partial charge in [-0.15, -0.1) is 11.8 Å². The van der Waals surface area contributed by atoms with Gasteiger partial charge in [0.15, 0.2) is 5.78 Å². The molecule has 27 heavy (non-hydrogen) atoms. The molecule has 0 spiro atoms. The van der Waals surface area contributed by atoms with Gasteiger partial charge in [-0.3, -0.25) is 14.4 Å². The van der Waals surface area contributed by atoms with Crippen molar-refractivity contribution in [2.45, 2.75) is 5.92 Å². The molecule has 1 amide bonds. The second-order valence-electron chi connectivity index (χ2n) is 6.54. The molecule has 1 aliphatic heterocycles. The molecule has 2 aromatic rings. The minimum absolute atomic E-state index is 0.0135. The third kappa shape index (κ3) is 4.77. The molecule has 5 nitrogen and oxygen atoms in total. The molecule has 0 unspecified atom stereocenters. The summed E-state index contributed by atoms with van der Waals surface area (Å²) in [6, 6.07) is 18.4. The largest absolute Gasteiger partial charge is 0.481 e. The normalized spacial score (nSPS) is 19.0. The van der Waals surface area contributed by atoms with E-state index in [-0.39, 0.29) is 35.7 Å². The first-order chi connectivity index (χ1) is 13.1. The Morgan fingerprint density at radius 2 is 1.56 bits per heavy atom. The highest BCUT2D eigenvalue weighted by Gasteiger charge is 2.40. The van der Waals surface area contributed by atoms with Crippen molar-refractivity contribution in [3.05, 3.63) is 71.8 Å². The maximum atomic E-state index is 12.5. The number of rotatable bonds is 7. The van der Waals surface area contributed by atoms with Crippen molar-refractivity contribution < 1.29 is 19.5 Å². The van der Waals surface area contributed by atoms with Crippen LogP contribution in [0.25, 0.3) is 0 Å². The first-order valence-corrected chi connectivity index (χ1v) is 9.93. The van der Waals surface area contributed by atoms with Gasteiger partial charge in [0, 0.05) is 24.6 Å². The Bertz CT molecular complexity index is 809. The molecule has 1 N–H and O–H groups in total. The van der Waals surface area contributed by atoms with Gasteiger partial charge in [0.2, 0.25) is 5.91 Å². The summed E-state index contributed by atoms with van der Waals surface area (Å²) in [6.07, 6.45) is 0. The number of nitrogens with zero attached hydrogens (tertiary/aromatic N) is 1. The summed E-state index contributed by atoms with van der Waals surface area (Å²) in [5, 5.41) is 9.53. The summed E-state index contributed by atoms with van der Waals surface area (Å²) in [4.78, 5) is 37.8. The summed E-state index contributed by atoms with van der Waals surface area (Å²) in [5.41, 5.74) is 1.57. The van der Waals surface area contributed by atoms with Crippen LogP contribution < -0.4 is 0 Å². The minimum Gasteiger partial charge on any atom is -0.481 e. The van der Waals surface area contributed by atoms with E-state index in [1.54, 1.807) is 17.0 Å².